The monoisotopic (exact) mass is 477 g/mol. The summed E-state index contributed by atoms with van der Waals surface area (Å²) in [6.07, 6.45) is 3.12. The first-order valence-electron chi connectivity index (χ1n) is 11.9. The molecular weight excluding hydrogens is 450 g/mol. The van der Waals surface area contributed by atoms with Gasteiger partial charge >= 0.3 is 0 Å². The number of rotatable bonds is 8. The first-order valence-corrected chi connectivity index (χ1v) is 11.9. The van der Waals surface area contributed by atoms with E-state index in [1.54, 1.807) is 21.8 Å². The summed E-state index contributed by atoms with van der Waals surface area (Å²) >= 11 is 0. The molecule has 0 saturated carbocycles. The normalized spacial score (nSPS) is 11.2. The van der Waals surface area contributed by atoms with Crippen LogP contribution in [0, 0.1) is 6.92 Å². The Morgan fingerprint density at radius 2 is 1.56 bits per heavy atom. The number of carbonyl (C=O) groups excluding carboxylic acids is 1. The van der Waals surface area contributed by atoms with Gasteiger partial charge in [-0.15, -0.1) is 0 Å². The summed E-state index contributed by atoms with van der Waals surface area (Å²) in [6.45, 7) is 3.24. The Labute approximate surface area is 209 Å². The highest BCUT2D eigenvalue weighted by Crippen LogP contribution is 2.24. The minimum absolute atomic E-state index is 0.0857. The number of aromatic nitrogens is 4. The molecule has 0 radical (unpaired) electrons. The van der Waals surface area contributed by atoms with Crippen LogP contribution in [0.4, 0.5) is 0 Å². The van der Waals surface area contributed by atoms with Crippen LogP contribution in [0.3, 0.4) is 0 Å². The molecule has 0 bridgehead atoms. The molecule has 180 valence electrons. The Morgan fingerprint density at radius 1 is 0.917 bits per heavy atom. The molecular formula is C29H27N5O2. The lowest BCUT2D eigenvalue weighted by molar-refractivity contribution is -0.121. The number of benzene rings is 3. The second kappa shape index (κ2) is 10.4. The summed E-state index contributed by atoms with van der Waals surface area (Å²) < 4.78 is 3.26. The molecule has 1 N–H and O–H groups in total. The standard InChI is InChI=1S/C29H27N5O2/c1-21-10-8-9-15-24(21)19-33-20-31-27-25(29(33)36)18-32-34(27)17-16-30-28(35)26(22-11-4-2-5-12-22)23-13-6-3-7-14-23/h2-15,18,20,26H,16-17,19H2,1H3,(H,30,35). The van der Waals surface area contributed by atoms with Crippen LogP contribution in [0.5, 0.6) is 0 Å². The van der Waals surface area contributed by atoms with Crippen molar-refractivity contribution in [3.63, 3.8) is 0 Å². The van der Waals surface area contributed by atoms with Crippen molar-refractivity contribution < 1.29 is 4.79 Å². The average Bonchev–Trinajstić information content (AvgIpc) is 3.32. The van der Waals surface area contributed by atoms with E-state index in [0.717, 1.165) is 22.3 Å². The number of nitrogens with zero attached hydrogens (tertiary/aromatic N) is 4. The maximum Gasteiger partial charge on any atom is 0.264 e. The Balaban J connectivity index is 1.30. The molecule has 5 aromatic rings. The third-order valence-corrected chi connectivity index (χ3v) is 6.38. The van der Waals surface area contributed by atoms with Crippen LogP contribution in [-0.2, 0) is 17.9 Å². The summed E-state index contributed by atoms with van der Waals surface area (Å²) in [5.74, 6) is -0.494. The number of carbonyl (C=O) groups is 1. The van der Waals surface area contributed by atoms with E-state index in [1.807, 2.05) is 91.9 Å². The molecule has 0 saturated heterocycles. The van der Waals surface area contributed by atoms with Crippen molar-refractivity contribution in [2.24, 2.45) is 0 Å². The van der Waals surface area contributed by atoms with Gasteiger partial charge < -0.3 is 5.32 Å². The van der Waals surface area contributed by atoms with Crippen LogP contribution in [0.25, 0.3) is 11.0 Å². The van der Waals surface area contributed by atoms with E-state index < -0.39 is 5.92 Å². The van der Waals surface area contributed by atoms with Gasteiger partial charge in [0, 0.05) is 6.54 Å². The highest BCUT2D eigenvalue weighted by atomic mass is 16.2. The van der Waals surface area contributed by atoms with Gasteiger partial charge in [0.2, 0.25) is 5.91 Å². The molecule has 7 nitrogen and oxygen atoms in total. The van der Waals surface area contributed by atoms with Crippen molar-refractivity contribution in [1.82, 2.24) is 24.6 Å². The predicted octanol–water partition coefficient (Wildman–Crippen LogP) is 3.90. The first-order chi connectivity index (χ1) is 17.6. The minimum Gasteiger partial charge on any atom is -0.353 e. The number of fused-ring (bicyclic) bond motifs is 1. The van der Waals surface area contributed by atoms with Gasteiger partial charge in [0.15, 0.2) is 5.65 Å². The second-order valence-corrected chi connectivity index (χ2v) is 8.75. The van der Waals surface area contributed by atoms with Crippen LogP contribution in [0.1, 0.15) is 28.2 Å². The fourth-order valence-corrected chi connectivity index (χ4v) is 4.42. The summed E-state index contributed by atoms with van der Waals surface area (Å²) in [7, 11) is 0. The van der Waals surface area contributed by atoms with Gasteiger partial charge in [0.25, 0.3) is 5.56 Å². The second-order valence-electron chi connectivity index (χ2n) is 8.75. The highest BCUT2D eigenvalue weighted by molar-refractivity contribution is 5.87. The molecule has 2 aromatic heterocycles. The third kappa shape index (κ3) is 4.81. The van der Waals surface area contributed by atoms with Crippen LogP contribution in [0.2, 0.25) is 0 Å². The van der Waals surface area contributed by atoms with Crippen molar-refractivity contribution in [1.29, 1.82) is 0 Å². The molecule has 3 aromatic carbocycles. The fourth-order valence-electron chi connectivity index (χ4n) is 4.42. The number of aryl methyl sites for hydroxylation is 1. The van der Waals surface area contributed by atoms with Crippen molar-refractivity contribution in [2.45, 2.75) is 25.9 Å². The van der Waals surface area contributed by atoms with Crippen molar-refractivity contribution in [3.8, 4) is 0 Å². The molecule has 0 atom stereocenters. The first kappa shape index (κ1) is 23.2. The summed E-state index contributed by atoms with van der Waals surface area (Å²) in [5, 5.41) is 7.87. The van der Waals surface area contributed by atoms with Crippen molar-refractivity contribution >= 4 is 16.9 Å². The van der Waals surface area contributed by atoms with Gasteiger partial charge in [0.1, 0.15) is 11.7 Å². The van der Waals surface area contributed by atoms with Crippen LogP contribution in [0.15, 0.2) is 102 Å². The Hall–Kier alpha value is -4.52. The van der Waals surface area contributed by atoms with E-state index in [-0.39, 0.29) is 11.5 Å². The zero-order chi connectivity index (χ0) is 24.9. The van der Waals surface area contributed by atoms with E-state index in [2.05, 4.69) is 15.4 Å². The zero-order valence-corrected chi connectivity index (χ0v) is 20.0. The topological polar surface area (TPSA) is 81.8 Å². The molecule has 0 aliphatic rings. The van der Waals surface area contributed by atoms with Gasteiger partial charge in [0.05, 0.1) is 25.2 Å². The van der Waals surface area contributed by atoms with Crippen LogP contribution < -0.4 is 10.9 Å². The van der Waals surface area contributed by atoms with E-state index in [4.69, 9.17) is 0 Å². The third-order valence-electron chi connectivity index (χ3n) is 6.38. The molecule has 5 rings (SSSR count). The van der Waals surface area contributed by atoms with Gasteiger partial charge in [-0.1, -0.05) is 84.9 Å². The van der Waals surface area contributed by atoms with E-state index >= 15 is 0 Å². The summed E-state index contributed by atoms with van der Waals surface area (Å²) in [5.41, 5.74) is 4.44. The van der Waals surface area contributed by atoms with Crippen LogP contribution in [-0.4, -0.2) is 31.8 Å². The molecule has 1 amide bonds. The number of nitrogens with one attached hydrogen (secondary N) is 1. The quantitative estimate of drug-likeness (QED) is 0.368. The van der Waals surface area contributed by atoms with E-state index in [1.165, 1.54) is 0 Å². The lowest BCUT2D eigenvalue weighted by Gasteiger charge is -2.18. The zero-order valence-electron chi connectivity index (χ0n) is 20.0. The van der Waals surface area contributed by atoms with Crippen molar-refractivity contribution in [2.75, 3.05) is 6.54 Å². The van der Waals surface area contributed by atoms with E-state index in [0.29, 0.717) is 30.7 Å². The number of hydrogen-bond acceptors (Lipinski definition) is 4. The molecule has 0 spiro atoms. The average molecular weight is 478 g/mol. The molecule has 0 fully saturated rings. The molecule has 2 heterocycles. The van der Waals surface area contributed by atoms with Gasteiger partial charge in [-0.05, 0) is 29.2 Å². The number of amides is 1. The SMILES string of the molecule is Cc1ccccc1Cn1cnc2c(cnn2CCNC(=O)C(c2ccccc2)c2ccccc2)c1=O. The maximum absolute atomic E-state index is 13.2. The smallest absolute Gasteiger partial charge is 0.264 e. The Bertz CT molecular complexity index is 1500. The van der Waals surface area contributed by atoms with E-state index in [9.17, 15) is 9.59 Å². The van der Waals surface area contributed by atoms with Gasteiger partial charge in [-0.25, -0.2) is 9.67 Å². The molecule has 7 heteroatoms. The van der Waals surface area contributed by atoms with Crippen molar-refractivity contribution in [3.05, 3.63) is 130 Å². The molecule has 36 heavy (non-hydrogen) atoms. The van der Waals surface area contributed by atoms with Gasteiger partial charge in [-0.2, -0.15) is 5.10 Å². The number of hydrogen-bond donors (Lipinski definition) is 1. The highest BCUT2D eigenvalue weighted by Gasteiger charge is 2.22. The van der Waals surface area contributed by atoms with Gasteiger partial charge in [-0.3, -0.25) is 14.2 Å². The minimum atomic E-state index is -0.409. The molecule has 0 aliphatic heterocycles. The summed E-state index contributed by atoms with van der Waals surface area (Å²) in [6, 6.07) is 27.5. The fraction of sp³-hybridized carbons (Fsp3) is 0.172. The predicted molar refractivity (Wildman–Crippen MR) is 140 cm³/mol. The lowest BCUT2D eigenvalue weighted by Crippen LogP contribution is -2.32. The Kier molecular flexibility index (Phi) is 6.71. The maximum atomic E-state index is 13.2. The lowest BCUT2D eigenvalue weighted by atomic mass is 9.90. The molecule has 0 unspecified atom stereocenters. The molecule has 0 aliphatic carbocycles. The Morgan fingerprint density at radius 3 is 2.22 bits per heavy atom. The largest absolute Gasteiger partial charge is 0.353 e. The van der Waals surface area contributed by atoms with Crippen LogP contribution >= 0.6 is 0 Å². The summed E-state index contributed by atoms with van der Waals surface area (Å²) in [4.78, 5) is 30.8.